The van der Waals surface area contributed by atoms with Crippen molar-refractivity contribution in [2.45, 2.75) is 31.5 Å². The molecule has 1 aromatic heterocycles. The van der Waals surface area contributed by atoms with Crippen molar-refractivity contribution in [3.63, 3.8) is 0 Å². The lowest BCUT2D eigenvalue weighted by molar-refractivity contribution is -0.149. The van der Waals surface area contributed by atoms with Crippen molar-refractivity contribution in [1.29, 1.82) is 0 Å². The molecule has 0 fully saturated rings. The molecule has 10 heteroatoms. The molecule has 2 amide bonds. The highest BCUT2D eigenvalue weighted by Crippen LogP contribution is 2.20. The zero-order valence-corrected chi connectivity index (χ0v) is 19.1. The first-order valence-electron chi connectivity index (χ1n) is 10.6. The number of aromatic nitrogens is 2. The quantitative estimate of drug-likeness (QED) is 0.229. The molecule has 4 N–H and O–H groups in total. The monoisotopic (exact) mass is 492 g/mol. The molecule has 0 saturated heterocycles. The van der Waals surface area contributed by atoms with Gasteiger partial charge in [0, 0.05) is 35.6 Å². The zero-order valence-electron chi connectivity index (χ0n) is 19.1. The number of halogens is 2. The van der Waals surface area contributed by atoms with Crippen LogP contribution in [0.3, 0.4) is 0 Å². The van der Waals surface area contributed by atoms with Crippen LogP contribution in [0, 0.1) is 23.7 Å². The SMILES string of the molecule is CC(O)(C(F)F)[C@H](NC(=O)c1ccc(C#CC#Cc2ccc(Cn3ccnc3)cc2)cc1)C(=O)NO. The van der Waals surface area contributed by atoms with E-state index in [1.807, 2.05) is 40.3 Å². The number of hydrogen-bond donors (Lipinski definition) is 4. The molecule has 3 rings (SSSR count). The molecule has 0 aliphatic carbocycles. The average Bonchev–Trinajstić information content (AvgIpc) is 3.38. The minimum atomic E-state index is -3.36. The number of imidazole rings is 1. The lowest BCUT2D eigenvalue weighted by atomic mass is 9.95. The van der Waals surface area contributed by atoms with Crippen LogP contribution in [-0.4, -0.2) is 49.7 Å². The second kappa shape index (κ2) is 11.8. The van der Waals surface area contributed by atoms with Crippen LogP contribution in [-0.2, 0) is 11.3 Å². The van der Waals surface area contributed by atoms with Gasteiger partial charge >= 0.3 is 0 Å². The highest BCUT2D eigenvalue weighted by atomic mass is 19.3. The van der Waals surface area contributed by atoms with Crippen LogP contribution >= 0.6 is 0 Å². The number of hydrogen-bond acceptors (Lipinski definition) is 5. The van der Waals surface area contributed by atoms with Crippen molar-refractivity contribution in [3.05, 3.63) is 89.5 Å². The fraction of sp³-hybridized carbons (Fsp3) is 0.192. The summed E-state index contributed by atoms with van der Waals surface area (Å²) in [6.07, 6.45) is 1.98. The van der Waals surface area contributed by atoms with Crippen LogP contribution in [0.2, 0.25) is 0 Å². The van der Waals surface area contributed by atoms with E-state index in [0.717, 1.165) is 16.6 Å². The summed E-state index contributed by atoms with van der Waals surface area (Å²) in [7, 11) is 0. The van der Waals surface area contributed by atoms with E-state index >= 15 is 0 Å². The van der Waals surface area contributed by atoms with Crippen molar-refractivity contribution in [2.24, 2.45) is 0 Å². The molecule has 0 radical (unpaired) electrons. The Kier molecular flexibility index (Phi) is 8.52. The molecule has 184 valence electrons. The van der Waals surface area contributed by atoms with Gasteiger partial charge in [0.2, 0.25) is 0 Å². The molecule has 0 aliphatic rings. The number of rotatable bonds is 7. The Labute approximate surface area is 205 Å². The van der Waals surface area contributed by atoms with Gasteiger partial charge in [-0.1, -0.05) is 24.0 Å². The van der Waals surface area contributed by atoms with E-state index in [9.17, 15) is 23.5 Å². The minimum Gasteiger partial charge on any atom is -0.381 e. The summed E-state index contributed by atoms with van der Waals surface area (Å²) in [5, 5.41) is 20.7. The Balaban J connectivity index is 1.62. The largest absolute Gasteiger partial charge is 0.381 e. The van der Waals surface area contributed by atoms with Gasteiger partial charge in [0.25, 0.3) is 18.2 Å². The molecule has 8 nitrogen and oxygen atoms in total. The number of aliphatic hydroxyl groups is 1. The summed E-state index contributed by atoms with van der Waals surface area (Å²) < 4.78 is 28.2. The van der Waals surface area contributed by atoms with Gasteiger partial charge in [0.05, 0.1) is 6.33 Å². The van der Waals surface area contributed by atoms with Crippen LogP contribution in [0.5, 0.6) is 0 Å². The number of carbonyl (C=O) groups is 2. The van der Waals surface area contributed by atoms with E-state index in [4.69, 9.17) is 5.21 Å². The fourth-order valence-electron chi connectivity index (χ4n) is 3.08. The number of nitrogens with one attached hydrogen (secondary N) is 2. The maximum Gasteiger partial charge on any atom is 0.269 e. The van der Waals surface area contributed by atoms with Gasteiger partial charge in [-0.3, -0.25) is 14.8 Å². The lowest BCUT2D eigenvalue weighted by Gasteiger charge is -2.30. The molecule has 36 heavy (non-hydrogen) atoms. The zero-order chi connectivity index (χ0) is 26.1. The normalized spacial score (nSPS) is 12.8. The van der Waals surface area contributed by atoms with Gasteiger partial charge in [-0.2, -0.15) is 0 Å². The summed E-state index contributed by atoms with van der Waals surface area (Å²) in [4.78, 5) is 28.1. The average molecular weight is 492 g/mol. The van der Waals surface area contributed by atoms with Crippen LogP contribution in [0.15, 0.2) is 67.3 Å². The minimum absolute atomic E-state index is 0.0308. The molecule has 1 heterocycles. The highest BCUT2D eigenvalue weighted by Gasteiger charge is 2.46. The summed E-state index contributed by atoms with van der Waals surface area (Å²) in [5.41, 5.74) is 0.730. The maximum atomic E-state index is 13.1. The third kappa shape index (κ3) is 6.76. The van der Waals surface area contributed by atoms with Crippen LogP contribution in [0.1, 0.15) is 34.0 Å². The lowest BCUT2D eigenvalue weighted by Crippen LogP contribution is -2.61. The standard InChI is InChI=1S/C26H22F2N4O4/c1-26(35,25(27)28)22(24(34)31-36)30-23(33)21-12-10-19(11-13-21)5-3-2-4-18-6-8-20(9-7-18)16-32-15-14-29-17-32/h6-15,17,22,25,35-36H,16H2,1H3,(H,30,33)(H,31,34)/t22-,26?/m1/s1. The molecule has 2 atom stereocenters. The van der Waals surface area contributed by atoms with Gasteiger partial charge in [0.1, 0.15) is 6.04 Å². The number of alkyl halides is 2. The molecular weight excluding hydrogens is 470 g/mol. The Morgan fingerprint density at radius 1 is 1.06 bits per heavy atom. The van der Waals surface area contributed by atoms with Gasteiger partial charge < -0.3 is 15.0 Å². The first-order valence-corrected chi connectivity index (χ1v) is 10.6. The molecule has 0 saturated carbocycles. The molecule has 3 aromatic rings. The van der Waals surface area contributed by atoms with Gasteiger partial charge in [0.15, 0.2) is 5.60 Å². The van der Waals surface area contributed by atoms with E-state index < -0.39 is 29.9 Å². The molecule has 0 bridgehead atoms. The summed E-state index contributed by atoms with van der Waals surface area (Å²) >= 11 is 0. The fourth-order valence-corrected chi connectivity index (χ4v) is 3.08. The van der Waals surface area contributed by atoms with E-state index in [1.54, 1.807) is 12.5 Å². The van der Waals surface area contributed by atoms with Crippen molar-refractivity contribution >= 4 is 11.8 Å². The Morgan fingerprint density at radius 2 is 1.64 bits per heavy atom. The summed E-state index contributed by atoms with van der Waals surface area (Å²) in [6, 6.07) is 11.4. The predicted octanol–water partition coefficient (Wildman–Crippen LogP) is 1.95. The second-order valence-corrected chi connectivity index (χ2v) is 7.92. The number of benzene rings is 2. The van der Waals surface area contributed by atoms with Crippen molar-refractivity contribution < 1.29 is 28.7 Å². The molecule has 2 aromatic carbocycles. The van der Waals surface area contributed by atoms with E-state index in [1.165, 1.54) is 24.3 Å². The predicted molar refractivity (Wildman–Crippen MR) is 126 cm³/mol. The molecule has 0 aliphatic heterocycles. The highest BCUT2D eigenvalue weighted by molar-refractivity contribution is 5.97. The Hall–Kier alpha value is -4.51. The first kappa shape index (κ1) is 26.1. The maximum absolute atomic E-state index is 13.1. The number of hydroxylamine groups is 1. The van der Waals surface area contributed by atoms with Crippen molar-refractivity contribution in [1.82, 2.24) is 20.3 Å². The second-order valence-electron chi connectivity index (χ2n) is 7.92. The number of amides is 2. The Bertz CT molecular complexity index is 1310. The Morgan fingerprint density at radius 3 is 2.14 bits per heavy atom. The molecule has 0 spiro atoms. The summed E-state index contributed by atoms with van der Waals surface area (Å²) in [5.74, 6) is 8.95. The molecular formula is C26H22F2N4O4. The smallest absolute Gasteiger partial charge is 0.269 e. The van der Waals surface area contributed by atoms with E-state index in [-0.39, 0.29) is 5.56 Å². The topological polar surface area (TPSA) is 116 Å². The third-order valence-electron chi connectivity index (χ3n) is 5.18. The molecule has 1 unspecified atom stereocenters. The van der Waals surface area contributed by atoms with Crippen molar-refractivity contribution in [2.75, 3.05) is 0 Å². The van der Waals surface area contributed by atoms with Crippen molar-refractivity contribution in [3.8, 4) is 23.7 Å². The van der Waals surface area contributed by atoms with E-state index in [2.05, 4.69) is 28.7 Å². The number of nitrogens with zero attached hydrogens (tertiary/aromatic N) is 2. The van der Waals surface area contributed by atoms with Gasteiger partial charge in [-0.05, 0) is 60.7 Å². The third-order valence-corrected chi connectivity index (χ3v) is 5.18. The number of carbonyl (C=O) groups excluding carboxylic acids is 2. The first-order chi connectivity index (χ1) is 17.2. The summed E-state index contributed by atoms with van der Waals surface area (Å²) in [6.45, 7) is 1.38. The van der Waals surface area contributed by atoms with Crippen LogP contribution in [0.25, 0.3) is 0 Å². The van der Waals surface area contributed by atoms with Gasteiger partial charge in [-0.25, -0.2) is 19.2 Å². The van der Waals surface area contributed by atoms with E-state index in [0.29, 0.717) is 19.0 Å². The van der Waals surface area contributed by atoms with Gasteiger partial charge in [-0.15, -0.1) is 0 Å². The van der Waals surface area contributed by atoms with Crippen LogP contribution < -0.4 is 10.8 Å². The van der Waals surface area contributed by atoms with Crippen LogP contribution in [0.4, 0.5) is 8.78 Å².